The van der Waals surface area contributed by atoms with Crippen LogP contribution in [0, 0.1) is 0 Å². The number of carbonyl (C=O) groups excluding carboxylic acids is 2. The number of rotatable bonds is 12. The lowest BCUT2D eigenvalue weighted by molar-refractivity contribution is -0.115. The largest absolute Gasteiger partial charge is 0.326 e. The van der Waals surface area contributed by atoms with E-state index < -0.39 is 0 Å². The molecule has 0 saturated carbocycles. The smallest absolute Gasteiger partial charge is 0.224 e. The van der Waals surface area contributed by atoms with Crippen LogP contribution in [-0.4, -0.2) is 51.2 Å². The lowest BCUT2D eigenvalue weighted by Gasteiger charge is -2.23. The highest BCUT2D eigenvalue weighted by Crippen LogP contribution is 2.26. The van der Waals surface area contributed by atoms with Gasteiger partial charge >= 0.3 is 0 Å². The molecule has 30 heavy (non-hydrogen) atoms. The Labute approximate surface area is 183 Å². The molecule has 1 aromatic heterocycles. The molecule has 0 radical (unpaired) electrons. The summed E-state index contributed by atoms with van der Waals surface area (Å²) in [4.78, 5) is 26.3. The van der Waals surface area contributed by atoms with Crippen molar-refractivity contribution in [2.75, 3.05) is 25.2 Å². The molecular weight excluding hydrogens is 398 g/mol. The normalized spacial score (nSPS) is 12.2. The fourth-order valence-electron chi connectivity index (χ4n) is 3.16. The molecule has 1 N–H and O–H groups in total. The number of benzene rings is 1. The van der Waals surface area contributed by atoms with Gasteiger partial charge in [-0.2, -0.15) is 0 Å². The summed E-state index contributed by atoms with van der Waals surface area (Å²) in [5.74, 6) is 1.24. The first-order chi connectivity index (χ1) is 14.4. The van der Waals surface area contributed by atoms with Gasteiger partial charge in [-0.1, -0.05) is 39.0 Å². The van der Waals surface area contributed by atoms with Gasteiger partial charge in [-0.15, -0.1) is 10.2 Å². The molecule has 8 heteroatoms. The van der Waals surface area contributed by atoms with Crippen LogP contribution in [0.2, 0.25) is 0 Å². The van der Waals surface area contributed by atoms with Gasteiger partial charge in [0, 0.05) is 24.2 Å². The molecule has 0 aliphatic carbocycles. The number of nitrogens with zero attached hydrogens (tertiary/aromatic N) is 4. The lowest BCUT2D eigenvalue weighted by Crippen LogP contribution is -2.23. The quantitative estimate of drug-likeness (QED) is 0.396. The molecule has 7 nitrogen and oxygen atoms in total. The molecule has 0 aliphatic rings. The number of hydrogen-bond acceptors (Lipinski definition) is 6. The van der Waals surface area contributed by atoms with E-state index in [4.69, 9.17) is 0 Å². The highest BCUT2D eigenvalue weighted by atomic mass is 32.2. The Morgan fingerprint density at radius 3 is 2.40 bits per heavy atom. The van der Waals surface area contributed by atoms with E-state index in [2.05, 4.69) is 52.9 Å². The number of unbranched alkanes of at least 4 members (excludes halogenated alkanes) is 1. The Balaban J connectivity index is 2.09. The van der Waals surface area contributed by atoms with E-state index in [1.807, 2.05) is 0 Å². The van der Waals surface area contributed by atoms with Gasteiger partial charge in [0.2, 0.25) is 5.91 Å². The van der Waals surface area contributed by atoms with Crippen molar-refractivity contribution in [1.29, 1.82) is 0 Å². The van der Waals surface area contributed by atoms with E-state index in [1.165, 1.54) is 11.8 Å². The number of carbonyl (C=O) groups is 2. The van der Waals surface area contributed by atoms with Crippen LogP contribution in [0.3, 0.4) is 0 Å². The number of hydrogen-bond donors (Lipinski definition) is 1. The van der Waals surface area contributed by atoms with Gasteiger partial charge in [0.1, 0.15) is 0 Å². The third-order valence-corrected chi connectivity index (χ3v) is 5.90. The first kappa shape index (κ1) is 24.1. The third kappa shape index (κ3) is 6.40. The van der Waals surface area contributed by atoms with E-state index in [1.54, 1.807) is 31.2 Å². The van der Waals surface area contributed by atoms with Gasteiger partial charge in [0.05, 0.1) is 11.8 Å². The summed E-state index contributed by atoms with van der Waals surface area (Å²) in [5.41, 5.74) is 1.32. The topological polar surface area (TPSA) is 80.1 Å². The zero-order chi connectivity index (χ0) is 22.1. The molecular formula is C22H33N5O2S. The number of amides is 1. The maximum Gasteiger partial charge on any atom is 0.224 e. The minimum atomic E-state index is -0.0463. The Morgan fingerprint density at radius 1 is 1.13 bits per heavy atom. The Hall–Kier alpha value is -2.19. The number of ketones is 1. The van der Waals surface area contributed by atoms with Gasteiger partial charge in [-0.3, -0.25) is 14.5 Å². The zero-order valence-corrected chi connectivity index (χ0v) is 19.5. The number of Topliss-reactive ketones (excluding diaryl/α,β-unsaturated/α-hetero) is 1. The second kappa shape index (κ2) is 11.9. The molecule has 2 aromatic rings. The molecule has 0 fully saturated rings. The number of nitrogens with one attached hydrogen (secondary N) is 1. The Bertz CT molecular complexity index is 833. The third-order valence-electron chi connectivity index (χ3n) is 4.93. The van der Waals surface area contributed by atoms with Crippen LogP contribution in [0.5, 0.6) is 0 Å². The van der Waals surface area contributed by atoms with Crippen molar-refractivity contribution in [3.8, 4) is 0 Å². The summed E-state index contributed by atoms with van der Waals surface area (Å²) < 4.78 is 2.17. The average molecular weight is 432 g/mol. The van der Waals surface area contributed by atoms with Crippen LogP contribution < -0.4 is 5.32 Å². The predicted molar refractivity (Wildman–Crippen MR) is 122 cm³/mol. The van der Waals surface area contributed by atoms with Gasteiger partial charge in [0.25, 0.3) is 0 Å². The molecule has 0 saturated heterocycles. The van der Waals surface area contributed by atoms with Crippen molar-refractivity contribution in [3.05, 3.63) is 35.7 Å². The number of thioether (sulfide) groups is 1. The van der Waals surface area contributed by atoms with E-state index in [-0.39, 0.29) is 17.7 Å². The van der Waals surface area contributed by atoms with Crippen LogP contribution in [0.25, 0.3) is 0 Å². The zero-order valence-electron chi connectivity index (χ0n) is 18.6. The fourth-order valence-corrected chi connectivity index (χ4v) is 4.03. The predicted octanol–water partition coefficient (Wildman–Crippen LogP) is 4.41. The molecule has 0 aliphatic heterocycles. The van der Waals surface area contributed by atoms with Gasteiger partial charge in [-0.25, -0.2) is 0 Å². The summed E-state index contributed by atoms with van der Waals surface area (Å²) >= 11 is 1.43. The van der Waals surface area contributed by atoms with Crippen LogP contribution in [0.15, 0.2) is 29.4 Å². The first-order valence-electron chi connectivity index (χ1n) is 10.6. The summed E-state index contributed by atoms with van der Waals surface area (Å²) in [7, 11) is 4.10. The second-order valence-corrected chi connectivity index (χ2v) is 8.37. The van der Waals surface area contributed by atoms with E-state index in [0.29, 0.717) is 23.4 Å². The molecule has 0 unspecified atom stereocenters. The second-order valence-electron chi connectivity index (χ2n) is 7.42. The first-order valence-corrected chi connectivity index (χ1v) is 11.5. The minimum Gasteiger partial charge on any atom is -0.326 e. The van der Waals surface area contributed by atoms with Crippen molar-refractivity contribution in [2.45, 2.75) is 64.2 Å². The Morgan fingerprint density at radius 2 is 1.83 bits per heavy atom. The molecule has 2 rings (SSSR count). The van der Waals surface area contributed by atoms with E-state index in [0.717, 1.165) is 36.8 Å². The molecule has 164 valence electrons. The van der Waals surface area contributed by atoms with Crippen molar-refractivity contribution < 1.29 is 9.59 Å². The summed E-state index contributed by atoms with van der Waals surface area (Å²) in [6.45, 7) is 6.96. The van der Waals surface area contributed by atoms with Crippen molar-refractivity contribution >= 4 is 29.1 Å². The minimum absolute atomic E-state index is 0.0274. The van der Waals surface area contributed by atoms with Crippen molar-refractivity contribution in [1.82, 2.24) is 19.7 Å². The molecule has 1 atom stereocenters. The fraction of sp³-hybridized carbons (Fsp3) is 0.545. The Kier molecular flexibility index (Phi) is 9.52. The van der Waals surface area contributed by atoms with Crippen LogP contribution in [0.4, 0.5) is 5.69 Å². The molecule has 1 aromatic carbocycles. The number of aromatic nitrogens is 3. The molecule has 1 heterocycles. The summed E-state index contributed by atoms with van der Waals surface area (Å²) in [6.07, 6.45) is 3.49. The average Bonchev–Trinajstić information content (AvgIpc) is 3.13. The molecule has 0 bridgehead atoms. The summed E-state index contributed by atoms with van der Waals surface area (Å²) in [5, 5.41) is 12.4. The standard InChI is InChI=1S/C22H33N5O2S/c1-6-9-14-27-21(18(7-2)26(4)5)24-25-22(27)30-15-19(28)16-10-12-17(13-11-16)23-20(29)8-3/h10-13,18H,6-9,14-15H2,1-5H3,(H,23,29)/t18-/m1/s1. The lowest BCUT2D eigenvalue weighted by atomic mass is 10.1. The molecule has 1 amide bonds. The highest BCUT2D eigenvalue weighted by Gasteiger charge is 2.22. The van der Waals surface area contributed by atoms with E-state index >= 15 is 0 Å². The molecule has 0 spiro atoms. The van der Waals surface area contributed by atoms with Gasteiger partial charge in [-0.05, 0) is 51.2 Å². The van der Waals surface area contributed by atoms with Crippen LogP contribution in [0.1, 0.15) is 68.7 Å². The van der Waals surface area contributed by atoms with Crippen LogP contribution >= 0.6 is 11.8 Å². The highest BCUT2D eigenvalue weighted by molar-refractivity contribution is 7.99. The van der Waals surface area contributed by atoms with Crippen molar-refractivity contribution in [3.63, 3.8) is 0 Å². The van der Waals surface area contributed by atoms with Gasteiger partial charge in [0.15, 0.2) is 16.8 Å². The number of anilines is 1. The SMILES string of the molecule is CCCCn1c(SCC(=O)c2ccc(NC(=O)CC)cc2)nnc1[C@@H](CC)N(C)C. The summed E-state index contributed by atoms with van der Waals surface area (Å²) in [6, 6.07) is 7.22. The van der Waals surface area contributed by atoms with Crippen molar-refractivity contribution in [2.24, 2.45) is 0 Å². The van der Waals surface area contributed by atoms with Gasteiger partial charge < -0.3 is 9.88 Å². The van der Waals surface area contributed by atoms with E-state index in [9.17, 15) is 9.59 Å². The monoisotopic (exact) mass is 431 g/mol. The van der Waals surface area contributed by atoms with Crippen LogP contribution in [-0.2, 0) is 11.3 Å². The maximum absolute atomic E-state index is 12.7. The maximum atomic E-state index is 12.7.